The molecular formula is C33H40N2O3. The van der Waals surface area contributed by atoms with Crippen molar-refractivity contribution in [2.45, 2.75) is 77.4 Å². The highest BCUT2D eigenvalue weighted by atomic mass is 16.5. The van der Waals surface area contributed by atoms with Crippen molar-refractivity contribution in [3.63, 3.8) is 0 Å². The second kappa shape index (κ2) is 13.3. The third-order valence-electron chi connectivity index (χ3n) is 7.48. The third kappa shape index (κ3) is 7.47. The van der Waals surface area contributed by atoms with Crippen LogP contribution in [0.4, 0.5) is 0 Å². The number of hydrogen-bond acceptors (Lipinski definition) is 3. The zero-order valence-corrected chi connectivity index (χ0v) is 22.9. The lowest BCUT2D eigenvalue weighted by atomic mass is 10.0. The van der Waals surface area contributed by atoms with Crippen LogP contribution in [-0.2, 0) is 22.6 Å². The second-order valence-electron chi connectivity index (χ2n) is 10.7. The number of aryl methyl sites for hydroxylation is 1. The van der Waals surface area contributed by atoms with E-state index in [0.717, 1.165) is 42.4 Å². The van der Waals surface area contributed by atoms with Gasteiger partial charge in [-0.3, -0.25) is 9.59 Å². The summed E-state index contributed by atoms with van der Waals surface area (Å²) in [5, 5.41) is 3.25. The lowest BCUT2D eigenvalue weighted by Gasteiger charge is -2.32. The Morgan fingerprint density at radius 2 is 1.58 bits per heavy atom. The zero-order valence-electron chi connectivity index (χ0n) is 22.9. The predicted molar refractivity (Wildman–Crippen MR) is 152 cm³/mol. The Hall–Kier alpha value is -3.60. The van der Waals surface area contributed by atoms with Gasteiger partial charge in [0, 0.05) is 19.0 Å². The van der Waals surface area contributed by atoms with Crippen LogP contribution in [0.1, 0.15) is 67.7 Å². The smallest absolute Gasteiger partial charge is 0.261 e. The summed E-state index contributed by atoms with van der Waals surface area (Å²) in [5.74, 6) is 0.772. The fraction of sp³-hybridized carbons (Fsp3) is 0.394. The Bertz CT molecular complexity index is 1180. The summed E-state index contributed by atoms with van der Waals surface area (Å²) in [6.45, 7) is 6.54. The van der Waals surface area contributed by atoms with Crippen molar-refractivity contribution in [3.05, 3.63) is 101 Å². The van der Waals surface area contributed by atoms with E-state index in [4.69, 9.17) is 4.74 Å². The lowest BCUT2D eigenvalue weighted by molar-refractivity contribution is -0.143. The third-order valence-corrected chi connectivity index (χ3v) is 7.48. The summed E-state index contributed by atoms with van der Waals surface area (Å²) >= 11 is 0. The number of carbonyl (C=O) groups is 2. The minimum Gasteiger partial charge on any atom is -0.484 e. The summed E-state index contributed by atoms with van der Waals surface area (Å²) < 4.78 is 5.94. The predicted octanol–water partition coefficient (Wildman–Crippen LogP) is 6.20. The van der Waals surface area contributed by atoms with Gasteiger partial charge in [-0.15, -0.1) is 0 Å². The molecule has 38 heavy (non-hydrogen) atoms. The maximum atomic E-state index is 13.8. The van der Waals surface area contributed by atoms with E-state index in [1.165, 1.54) is 5.56 Å². The molecule has 3 aromatic rings. The molecule has 1 atom stereocenters. The molecule has 3 aromatic carbocycles. The topological polar surface area (TPSA) is 58.6 Å². The van der Waals surface area contributed by atoms with E-state index in [1.807, 2.05) is 85.8 Å². The Kier molecular flexibility index (Phi) is 9.58. The van der Waals surface area contributed by atoms with Gasteiger partial charge in [0.2, 0.25) is 5.91 Å². The first-order valence-corrected chi connectivity index (χ1v) is 13.8. The van der Waals surface area contributed by atoms with Gasteiger partial charge in [-0.2, -0.15) is 0 Å². The number of ether oxygens (including phenoxy) is 1. The van der Waals surface area contributed by atoms with Crippen LogP contribution in [0.25, 0.3) is 0 Å². The molecule has 2 amide bonds. The molecule has 0 radical (unpaired) electrons. The summed E-state index contributed by atoms with van der Waals surface area (Å²) in [7, 11) is 0. The van der Waals surface area contributed by atoms with E-state index >= 15 is 0 Å². The number of amides is 2. The normalized spacial score (nSPS) is 14.3. The van der Waals surface area contributed by atoms with E-state index in [-0.39, 0.29) is 24.5 Å². The molecular weight excluding hydrogens is 472 g/mol. The van der Waals surface area contributed by atoms with Gasteiger partial charge >= 0.3 is 0 Å². The van der Waals surface area contributed by atoms with Crippen molar-refractivity contribution in [3.8, 4) is 5.75 Å². The van der Waals surface area contributed by atoms with Crippen LogP contribution in [-0.4, -0.2) is 35.4 Å². The largest absolute Gasteiger partial charge is 0.484 e. The van der Waals surface area contributed by atoms with E-state index in [0.29, 0.717) is 24.6 Å². The molecule has 1 aliphatic rings. The van der Waals surface area contributed by atoms with E-state index in [2.05, 4.69) is 19.2 Å². The fourth-order valence-corrected chi connectivity index (χ4v) is 5.07. The molecule has 1 saturated carbocycles. The Morgan fingerprint density at radius 3 is 2.24 bits per heavy atom. The first kappa shape index (κ1) is 27.4. The van der Waals surface area contributed by atoms with Crippen LogP contribution < -0.4 is 10.1 Å². The van der Waals surface area contributed by atoms with Crippen molar-refractivity contribution in [1.29, 1.82) is 0 Å². The quantitative estimate of drug-likeness (QED) is 0.333. The molecule has 0 spiro atoms. The highest BCUT2D eigenvalue weighted by Crippen LogP contribution is 2.22. The molecule has 0 aromatic heterocycles. The maximum Gasteiger partial charge on any atom is 0.261 e. The highest BCUT2D eigenvalue weighted by Gasteiger charge is 2.32. The van der Waals surface area contributed by atoms with Gasteiger partial charge in [0.1, 0.15) is 11.8 Å². The van der Waals surface area contributed by atoms with Gasteiger partial charge in [0.05, 0.1) is 0 Å². The van der Waals surface area contributed by atoms with Gasteiger partial charge in [0.15, 0.2) is 6.61 Å². The van der Waals surface area contributed by atoms with Gasteiger partial charge in [-0.1, -0.05) is 93.4 Å². The molecule has 200 valence electrons. The molecule has 5 heteroatoms. The minimum absolute atomic E-state index is 0.0935. The molecule has 1 fully saturated rings. The minimum atomic E-state index is -0.642. The highest BCUT2D eigenvalue weighted by molar-refractivity contribution is 5.88. The first-order valence-electron chi connectivity index (χ1n) is 13.8. The van der Waals surface area contributed by atoms with Crippen molar-refractivity contribution in [2.24, 2.45) is 0 Å². The molecule has 1 N–H and O–H groups in total. The molecule has 5 nitrogen and oxygen atoms in total. The van der Waals surface area contributed by atoms with Crippen LogP contribution in [0.15, 0.2) is 78.9 Å². The number of benzene rings is 3. The second-order valence-corrected chi connectivity index (χ2v) is 10.7. The number of nitrogens with zero attached hydrogens (tertiary/aromatic N) is 1. The summed E-state index contributed by atoms with van der Waals surface area (Å²) in [5.41, 5.74) is 4.35. The monoisotopic (exact) mass is 512 g/mol. The summed E-state index contributed by atoms with van der Waals surface area (Å²) in [4.78, 5) is 29.3. The van der Waals surface area contributed by atoms with Crippen molar-refractivity contribution < 1.29 is 14.3 Å². The van der Waals surface area contributed by atoms with Gasteiger partial charge in [-0.25, -0.2) is 0 Å². The SMILES string of the molecule is Cc1ccccc1CN(C(=O)COc1ccc(C(C)C)cc1)[C@@H](Cc1ccccc1)C(=O)NC1CCCC1. The fourth-order valence-electron chi connectivity index (χ4n) is 5.07. The van der Waals surface area contributed by atoms with Crippen molar-refractivity contribution in [1.82, 2.24) is 10.2 Å². The molecule has 0 unspecified atom stereocenters. The molecule has 1 aliphatic carbocycles. The van der Waals surface area contributed by atoms with Crippen LogP contribution in [0.2, 0.25) is 0 Å². The van der Waals surface area contributed by atoms with Crippen LogP contribution >= 0.6 is 0 Å². The lowest BCUT2D eigenvalue weighted by Crippen LogP contribution is -2.53. The first-order chi connectivity index (χ1) is 18.4. The number of hydrogen-bond donors (Lipinski definition) is 1. The average molecular weight is 513 g/mol. The van der Waals surface area contributed by atoms with Crippen molar-refractivity contribution in [2.75, 3.05) is 6.61 Å². The zero-order chi connectivity index (χ0) is 26.9. The Morgan fingerprint density at radius 1 is 0.921 bits per heavy atom. The Balaban J connectivity index is 1.59. The molecule has 0 aliphatic heterocycles. The van der Waals surface area contributed by atoms with E-state index in [1.54, 1.807) is 4.90 Å². The number of carbonyl (C=O) groups excluding carboxylic acids is 2. The van der Waals surface area contributed by atoms with Gasteiger partial charge in [-0.05, 0) is 60.1 Å². The van der Waals surface area contributed by atoms with Crippen molar-refractivity contribution >= 4 is 11.8 Å². The maximum absolute atomic E-state index is 13.8. The summed E-state index contributed by atoms with van der Waals surface area (Å²) in [6, 6.07) is 25.4. The van der Waals surface area contributed by atoms with E-state index in [9.17, 15) is 9.59 Å². The molecule has 0 saturated heterocycles. The van der Waals surface area contributed by atoms with Gasteiger partial charge in [0.25, 0.3) is 5.91 Å². The van der Waals surface area contributed by atoms with Gasteiger partial charge < -0.3 is 15.0 Å². The van der Waals surface area contributed by atoms with Crippen LogP contribution in [0.3, 0.4) is 0 Å². The van der Waals surface area contributed by atoms with Crippen LogP contribution in [0, 0.1) is 6.92 Å². The molecule has 4 rings (SSSR count). The summed E-state index contributed by atoms with van der Waals surface area (Å²) in [6.07, 6.45) is 4.68. The Labute approximate surface area is 227 Å². The number of rotatable bonds is 11. The molecule has 0 heterocycles. The standard InChI is InChI=1S/C33H40N2O3/c1-24(2)27-17-19-30(20-18-27)38-23-32(36)35(22-28-14-8-7-11-25(28)3)31(21-26-12-5-4-6-13-26)33(37)34-29-15-9-10-16-29/h4-8,11-14,17-20,24,29,31H,9-10,15-16,21-23H2,1-3H3,(H,34,37)/t31-/m0/s1. The average Bonchev–Trinajstić information content (AvgIpc) is 3.44. The number of nitrogens with one attached hydrogen (secondary N) is 1. The molecule has 0 bridgehead atoms. The van der Waals surface area contributed by atoms with Crippen LogP contribution in [0.5, 0.6) is 5.75 Å². The van der Waals surface area contributed by atoms with E-state index < -0.39 is 6.04 Å².